The summed E-state index contributed by atoms with van der Waals surface area (Å²) in [6.45, 7) is 8.42. The molecule has 3 aromatic heterocycles. The molecule has 1 saturated heterocycles. The average molecular weight is 564 g/mol. The lowest BCUT2D eigenvalue weighted by atomic mass is 10.0. The van der Waals surface area contributed by atoms with E-state index in [1.54, 1.807) is 6.20 Å². The Hall–Kier alpha value is -3.89. The number of halogens is 1. The molecule has 0 saturated carbocycles. The highest BCUT2D eigenvalue weighted by atomic mass is 35.5. The van der Waals surface area contributed by atoms with Crippen LogP contribution >= 0.6 is 11.6 Å². The number of pyridine rings is 1. The molecule has 5 rings (SSSR count). The Bertz CT molecular complexity index is 1450. The zero-order chi connectivity index (χ0) is 28.1. The first-order chi connectivity index (χ1) is 19.2. The largest absolute Gasteiger partial charge is 0.486 e. The van der Waals surface area contributed by atoms with E-state index in [0.29, 0.717) is 23.2 Å². The van der Waals surface area contributed by atoms with Gasteiger partial charge in [0.1, 0.15) is 29.8 Å². The van der Waals surface area contributed by atoms with E-state index in [1.165, 1.54) is 6.33 Å². The number of piperidine rings is 1. The van der Waals surface area contributed by atoms with E-state index >= 15 is 0 Å². The van der Waals surface area contributed by atoms with E-state index in [4.69, 9.17) is 21.1 Å². The Morgan fingerprint density at radius 3 is 2.67 bits per heavy atom. The molecule has 2 N–H and O–H groups in total. The summed E-state index contributed by atoms with van der Waals surface area (Å²) in [5.41, 5.74) is 3.13. The number of hydrogen-bond acceptors (Lipinski definition) is 8. The summed E-state index contributed by atoms with van der Waals surface area (Å²) in [7, 11) is 0. The van der Waals surface area contributed by atoms with E-state index in [-0.39, 0.29) is 12.1 Å². The van der Waals surface area contributed by atoms with Crippen LogP contribution in [0.1, 0.15) is 44.9 Å². The van der Waals surface area contributed by atoms with Gasteiger partial charge in [-0.3, -0.25) is 9.88 Å². The highest BCUT2D eigenvalue weighted by Crippen LogP contribution is 2.31. The van der Waals surface area contributed by atoms with Crippen molar-refractivity contribution in [3.8, 4) is 5.75 Å². The Morgan fingerprint density at radius 1 is 1.12 bits per heavy atom. The molecule has 11 heteroatoms. The van der Waals surface area contributed by atoms with Crippen LogP contribution in [0.15, 0.2) is 61.2 Å². The second kappa shape index (κ2) is 12.1. The first-order valence-electron chi connectivity index (χ1n) is 13.4. The molecule has 0 bridgehead atoms. The topological polar surface area (TPSA) is 106 Å². The van der Waals surface area contributed by atoms with Gasteiger partial charge in [0.2, 0.25) is 0 Å². The Morgan fingerprint density at radius 2 is 1.95 bits per heavy atom. The molecule has 0 radical (unpaired) electrons. The number of amides is 1. The van der Waals surface area contributed by atoms with Crippen LogP contribution in [0.5, 0.6) is 5.75 Å². The van der Waals surface area contributed by atoms with E-state index in [2.05, 4.69) is 36.7 Å². The summed E-state index contributed by atoms with van der Waals surface area (Å²) in [6, 6.07) is 13.4. The van der Waals surface area contributed by atoms with E-state index in [1.807, 2.05) is 67.9 Å². The van der Waals surface area contributed by atoms with Crippen LogP contribution in [0, 0.1) is 0 Å². The maximum Gasteiger partial charge on any atom is 0.407 e. The van der Waals surface area contributed by atoms with Gasteiger partial charge in [0.05, 0.1) is 10.7 Å². The van der Waals surface area contributed by atoms with Crippen molar-refractivity contribution in [3.05, 3.63) is 77.5 Å². The van der Waals surface area contributed by atoms with Gasteiger partial charge in [0.25, 0.3) is 0 Å². The van der Waals surface area contributed by atoms with E-state index in [0.717, 1.165) is 54.9 Å². The summed E-state index contributed by atoms with van der Waals surface area (Å²) in [5.74, 6) is 1.27. The fraction of sp³-hybridized carbons (Fsp3) is 0.379. The molecular weight excluding hydrogens is 530 g/mol. The molecule has 0 atom stereocenters. The molecule has 0 spiro atoms. The molecule has 1 aromatic carbocycles. The van der Waals surface area contributed by atoms with Gasteiger partial charge in [0.15, 0.2) is 5.82 Å². The predicted molar refractivity (Wildman–Crippen MR) is 154 cm³/mol. The maximum atomic E-state index is 12.1. The van der Waals surface area contributed by atoms with Gasteiger partial charge in [-0.1, -0.05) is 17.7 Å². The number of carbonyl (C=O) groups excluding carboxylic acids is 1. The Balaban J connectivity index is 1.22. The molecule has 0 unspecified atom stereocenters. The molecule has 4 aromatic rings. The van der Waals surface area contributed by atoms with Crippen LogP contribution in [0.3, 0.4) is 0 Å². The van der Waals surface area contributed by atoms with Crippen molar-refractivity contribution < 1.29 is 14.3 Å². The van der Waals surface area contributed by atoms with Crippen molar-refractivity contribution in [2.24, 2.45) is 0 Å². The zero-order valence-corrected chi connectivity index (χ0v) is 23.7. The fourth-order valence-corrected chi connectivity index (χ4v) is 4.89. The highest BCUT2D eigenvalue weighted by molar-refractivity contribution is 6.32. The van der Waals surface area contributed by atoms with Crippen molar-refractivity contribution in [1.82, 2.24) is 29.8 Å². The lowest BCUT2D eigenvalue weighted by molar-refractivity contribution is 0.0477. The van der Waals surface area contributed by atoms with Crippen molar-refractivity contribution in [3.63, 3.8) is 0 Å². The number of anilines is 2. The van der Waals surface area contributed by atoms with Gasteiger partial charge in [-0.15, -0.1) is 0 Å². The zero-order valence-electron chi connectivity index (χ0n) is 22.9. The lowest BCUT2D eigenvalue weighted by Gasteiger charge is -2.32. The number of benzene rings is 1. The number of hydrogen-bond donors (Lipinski definition) is 2. The minimum absolute atomic E-state index is 0.109. The molecule has 1 fully saturated rings. The van der Waals surface area contributed by atoms with E-state index < -0.39 is 5.60 Å². The van der Waals surface area contributed by atoms with Crippen LogP contribution in [0.4, 0.5) is 16.3 Å². The van der Waals surface area contributed by atoms with Gasteiger partial charge in [-0.05, 0) is 75.6 Å². The fourth-order valence-electron chi connectivity index (χ4n) is 4.66. The average Bonchev–Trinajstić information content (AvgIpc) is 3.32. The number of fused-ring (bicyclic) bond motifs is 1. The molecular formula is C29H34ClN7O3. The molecule has 210 valence electrons. The second-order valence-electron chi connectivity index (χ2n) is 10.8. The number of alkyl carbamates (subject to hydrolysis) is 1. The third kappa shape index (κ3) is 7.19. The van der Waals surface area contributed by atoms with Crippen molar-refractivity contribution in [1.29, 1.82) is 0 Å². The third-order valence-electron chi connectivity index (χ3n) is 6.54. The minimum Gasteiger partial charge on any atom is -0.486 e. The summed E-state index contributed by atoms with van der Waals surface area (Å²) < 4.78 is 13.1. The number of ether oxygens (including phenoxy) is 2. The minimum atomic E-state index is -0.504. The highest BCUT2D eigenvalue weighted by Gasteiger charge is 2.24. The van der Waals surface area contributed by atoms with Crippen molar-refractivity contribution >= 4 is 34.7 Å². The van der Waals surface area contributed by atoms with Crippen LogP contribution in [0.2, 0.25) is 5.02 Å². The number of nitrogens with zero attached hydrogens (tertiary/aromatic N) is 5. The normalized spacial score (nSPS) is 14.7. The van der Waals surface area contributed by atoms with Crippen LogP contribution in [-0.4, -0.2) is 55.3 Å². The molecule has 4 heterocycles. The summed E-state index contributed by atoms with van der Waals surface area (Å²) in [6.07, 6.45) is 6.57. The summed E-state index contributed by atoms with van der Waals surface area (Å²) in [5, 5.41) is 11.3. The molecule has 10 nitrogen and oxygen atoms in total. The molecule has 1 aliphatic rings. The monoisotopic (exact) mass is 563 g/mol. The Labute approximate surface area is 238 Å². The maximum absolute atomic E-state index is 12.1. The summed E-state index contributed by atoms with van der Waals surface area (Å²) >= 11 is 6.53. The first kappa shape index (κ1) is 27.7. The van der Waals surface area contributed by atoms with Gasteiger partial charge in [0, 0.05) is 43.8 Å². The smallest absolute Gasteiger partial charge is 0.407 e. The molecule has 40 heavy (non-hydrogen) atoms. The molecule has 1 amide bonds. The van der Waals surface area contributed by atoms with Crippen LogP contribution in [0.25, 0.3) is 5.52 Å². The second-order valence-corrected chi connectivity index (χ2v) is 11.2. The number of rotatable bonds is 8. The number of nitrogens with one attached hydrogen (secondary N) is 2. The van der Waals surface area contributed by atoms with Crippen molar-refractivity contribution in [2.45, 2.75) is 58.4 Å². The molecule has 1 aliphatic heterocycles. The summed E-state index contributed by atoms with van der Waals surface area (Å²) in [4.78, 5) is 23.3. The van der Waals surface area contributed by atoms with Crippen LogP contribution < -0.4 is 15.4 Å². The van der Waals surface area contributed by atoms with Gasteiger partial charge in [-0.2, -0.15) is 5.10 Å². The number of aromatic nitrogens is 4. The van der Waals surface area contributed by atoms with Gasteiger partial charge >= 0.3 is 6.09 Å². The lowest BCUT2D eigenvalue weighted by Crippen LogP contribution is -2.45. The quantitative estimate of drug-likeness (QED) is 0.286. The number of likely N-dealkylation sites (tertiary alicyclic amines) is 1. The first-order valence-corrected chi connectivity index (χ1v) is 13.7. The van der Waals surface area contributed by atoms with Crippen molar-refractivity contribution in [2.75, 3.05) is 18.4 Å². The predicted octanol–water partition coefficient (Wildman–Crippen LogP) is 5.59. The SMILES string of the molecule is CC(C)(C)OC(=O)NC1CCN(Cc2ccn3ncnc(Nc4ccc(OCc5ccccn5)c(Cl)c4)c23)CC1. The Kier molecular flexibility index (Phi) is 8.37. The number of carbonyl (C=O) groups is 1. The third-order valence-corrected chi connectivity index (χ3v) is 6.83. The standard InChI is InChI=1S/C29H34ClN7O3/c1-29(2,3)40-28(38)35-21-10-13-36(14-11-21)17-20-9-15-37-26(20)27(32-19-33-37)34-22-7-8-25(24(30)16-22)39-18-23-6-4-5-12-31-23/h4-9,12,15-16,19,21H,10-11,13-14,17-18H2,1-3H3,(H,35,38)(H,32,33,34). The van der Waals surface area contributed by atoms with E-state index in [9.17, 15) is 4.79 Å². The van der Waals surface area contributed by atoms with Gasteiger partial charge in [-0.25, -0.2) is 14.3 Å². The van der Waals surface area contributed by atoms with Crippen LogP contribution in [-0.2, 0) is 17.9 Å². The van der Waals surface area contributed by atoms with Gasteiger partial charge < -0.3 is 20.1 Å². The molecule has 0 aliphatic carbocycles.